The molecule has 0 saturated carbocycles. The van der Waals surface area contributed by atoms with Crippen molar-refractivity contribution < 1.29 is 9.47 Å². The van der Waals surface area contributed by atoms with Crippen LogP contribution in [0.3, 0.4) is 0 Å². The van der Waals surface area contributed by atoms with Gasteiger partial charge in [0.1, 0.15) is 12.1 Å². The highest BCUT2D eigenvalue weighted by atomic mass is 32.1. The molecule has 0 aliphatic carbocycles. The molecule has 9 heteroatoms. The number of hydrogen-bond acceptors (Lipinski definition) is 7. The van der Waals surface area contributed by atoms with E-state index in [1.165, 1.54) is 0 Å². The van der Waals surface area contributed by atoms with Gasteiger partial charge in [0, 0.05) is 56.6 Å². The number of pyridine rings is 1. The van der Waals surface area contributed by atoms with Gasteiger partial charge in [0.05, 0.1) is 19.7 Å². The van der Waals surface area contributed by atoms with Gasteiger partial charge in [-0.15, -0.1) is 0 Å². The van der Waals surface area contributed by atoms with E-state index in [-0.39, 0.29) is 0 Å². The zero-order chi connectivity index (χ0) is 20.9. The Hall–Kier alpha value is -3.20. The van der Waals surface area contributed by atoms with Gasteiger partial charge in [0.2, 0.25) is 0 Å². The highest BCUT2D eigenvalue weighted by Crippen LogP contribution is 2.34. The minimum atomic E-state index is 0.657. The first-order chi connectivity index (χ1) is 14.7. The predicted molar refractivity (Wildman–Crippen MR) is 120 cm³/mol. The summed E-state index contributed by atoms with van der Waals surface area (Å²) in [5.41, 5.74) is 1.98. The van der Waals surface area contributed by atoms with Crippen molar-refractivity contribution in [1.82, 2.24) is 25.2 Å². The lowest BCUT2D eigenvalue weighted by molar-refractivity contribution is 0.355. The summed E-state index contributed by atoms with van der Waals surface area (Å²) < 4.78 is 10.9. The molecule has 0 amide bonds. The molecule has 1 aliphatic rings. The van der Waals surface area contributed by atoms with Crippen molar-refractivity contribution in [3.8, 4) is 11.5 Å². The molecule has 156 valence electrons. The van der Waals surface area contributed by atoms with Crippen LogP contribution in [0.5, 0.6) is 11.5 Å². The number of benzene rings is 1. The van der Waals surface area contributed by atoms with Crippen LogP contribution in [0.1, 0.15) is 5.56 Å². The number of piperazine rings is 1. The van der Waals surface area contributed by atoms with Crippen LogP contribution in [0.2, 0.25) is 0 Å². The highest BCUT2D eigenvalue weighted by molar-refractivity contribution is 7.80. The Kier molecular flexibility index (Phi) is 6.08. The lowest BCUT2D eigenvalue weighted by Gasteiger charge is -2.37. The van der Waals surface area contributed by atoms with Crippen LogP contribution in [0, 0.1) is 0 Å². The van der Waals surface area contributed by atoms with Gasteiger partial charge in [0.25, 0.3) is 0 Å². The molecule has 0 spiro atoms. The fourth-order valence-electron chi connectivity index (χ4n) is 3.53. The molecule has 0 atom stereocenters. The maximum atomic E-state index is 5.59. The summed E-state index contributed by atoms with van der Waals surface area (Å²) in [6, 6.07) is 7.79. The third-order valence-corrected chi connectivity index (χ3v) is 5.58. The third-order valence-electron chi connectivity index (χ3n) is 5.18. The van der Waals surface area contributed by atoms with Crippen LogP contribution in [0.25, 0.3) is 10.9 Å². The van der Waals surface area contributed by atoms with Crippen LogP contribution < -0.4 is 19.7 Å². The van der Waals surface area contributed by atoms with E-state index in [9.17, 15) is 0 Å². The molecule has 1 N–H and O–H groups in total. The van der Waals surface area contributed by atoms with Gasteiger partial charge in [-0.3, -0.25) is 4.98 Å². The van der Waals surface area contributed by atoms with E-state index >= 15 is 0 Å². The number of aromatic nitrogens is 3. The van der Waals surface area contributed by atoms with Crippen LogP contribution in [0.15, 0.2) is 43.0 Å². The molecule has 3 aromatic rings. The van der Waals surface area contributed by atoms with Gasteiger partial charge in [-0.2, -0.15) is 0 Å². The Bertz CT molecular complexity index is 1020. The van der Waals surface area contributed by atoms with E-state index in [1.54, 1.807) is 32.9 Å². The quantitative estimate of drug-likeness (QED) is 0.621. The second-order valence-corrected chi connectivity index (χ2v) is 7.30. The maximum Gasteiger partial charge on any atom is 0.169 e. The first-order valence-electron chi connectivity index (χ1n) is 9.73. The summed E-state index contributed by atoms with van der Waals surface area (Å²) >= 11 is 5.59. The highest BCUT2D eigenvalue weighted by Gasteiger charge is 2.22. The molecule has 1 aliphatic heterocycles. The SMILES string of the molecule is COc1cc2ncnc(N3CCN(C(=S)NCc4ccncc4)CC3)c2cc1OC. The number of nitrogens with zero attached hydrogens (tertiary/aromatic N) is 5. The van der Waals surface area contributed by atoms with Gasteiger partial charge in [-0.25, -0.2) is 9.97 Å². The Balaban J connectivity index is 1.43. The lowest BCUT2D eigenvalue weighted by Crippen LogP contribution is -2.51. The minimum Gasteiger partial charge on any atom is -0.493 e. The summed E-state index contributed by atoms with van der Waals surface area (Å²) in [7, 11) is 3.25. The monoisotopic (exact) mass is 424 g/mol. The lowest BCUT2D eigenvalue weighted by atomic mass is 10.2. The van der Waals surface area contributed by atoms with Crippen molar-refractivity contribution in [3.63, 3.8) is 0 Å². The normalized spacial score (nSPS) is 13.9. The standard InChI is InChI=1S/C21H24N6O2S/c1-28-18-11-16-17(12-19(18)29-2)24-14-25-20(16)26-7-9-27(10-8-26)21(30)23-13-15-3-5-22-6-4-15/h3-6,11-12,14H,7-10,13H2,1-2H3,(H,23,30). The number of hydrogen-bond donors (Lipinski definition) is 1. The van der Waals surface area contributed by atoms with Crippen molar-refractivity contribution in [3.05, 3.63) is 48.5 Å². The zero-order valence-corrected chi connectivity index (χ0v) is 17.9. The average Bonchev–Trinajstić information content (AvgIpc) is 2.82. The average molecular weight is 425 g/mol. The topological polar surface area (TPSA) is 75.6 Å². The molecule has 4 rings (SSSR count). The van der Waals surface area contributed by atoms with E-state index < -0.39 is 0 Å². The van der Waals surface area contributed by atoms with E-state index in [1.807, 2.05) is 24.3 Å². The molecule has 8 nitrogen and oxygen atoms in total. The Morgan fingerprint density at radius 3 is 2.43 bits per heavy atom. The fourth-order valence-corrected chi connectivity index (χ4v) is 3.79. The molecule has 3 heterocycles. The summed E-state index contributed by atoms with van der Waals surface area (Å²) in [6.45, 7) is 3.97. The van der Waals surface area contributed by atoms with Gasteiger partial charge in [0.15, 0.2) is 16.6 Å². The Morgan fingerprint density at radius 1 is 1.03 bits per heavy atom. The predicted octanol–water partition coefficient (Wildman–Crippen LogP) is 2.24. The molecule has 0 unspecified atom stereocenters. The Morgan fingerprint density at radius 2 is 1.73 bits per heavy atom. The van der Waals surface area contributed by atoms with E-state index in [4.69, 9.17) is 21.7 Å². The van der Waals surface area contributed by atoms with Crippen LogP contribution >= 0.6 is 12.2 Å². The van der Waals surface area contributed by atoms with Gasteiger partial charge >= 0.3 is 0 Å². The van der Waals surface area contributed by atoms with Crippen LogP contribution in [0.4, 0.5) is 5.82 Å². The van der Waals surface area contributed by atoms with Gasteiger partial charge in [-0.1, -0.05) is 0 Å². The fraction of sp³-hybridized carbons (Fsp3) is 0.333. The molecule has 0 bridgehead atoms. The summed E-state index contributed by atoms with van der Waals surface area (Å²) in [6.07, 6.45) is 5.17. The molecule has 2 aromatic heterocycles. The second-order valence-electron chi connectivity index (χ2n) is 6.91. The van der Waals surface area contributed by atoms with Crippen molar-refractivity contribution in [2.75, 3.05) is 45.3 Å². The molecular formula is C21H24N6O2S. The molecule has 30 heavy (non-hydrogen) atoms. The maximum absolute atomic E-state index is 5.59. The van der Waals surface area contributed by atoms with Gasteiger partial charge < -0.3 is 24.6 Å². The zero-order valence-electron chi connectivity index (χ0n) is 17.0. The molecule has 1 saturated heterocycles. The van der Waals surface area contributed by atoms with Crippen molar-refractivity contribution >= 4 is 34.1 Å². The van der Waals surface area contributed by atoms with E-state index in [0.717, 1.165) is 53.6 Å². The number of nitrogens with one attached hydrogen (secondary N) is 1. The number of rotatable bonds is 5. The summed E-state index contributed by atoms with van der Waals surface area (Å²) in [5.74, 6) is 2.22. The first kappa shape index (κ1) is 20.1. The van der Waals surface area contributed by atoms with Crippen LogP contribution in [-0.4, -0.2) is 65.4 Å². The van der Waals surface area contributed by atoms with Crippen molar-refractivity contribution in [1.29, 1.82) is 0 Å². The second kappa shape index (κ2) is 9.08. The van der Waals surface area contributed by atoms with Crippen molar-refractivity contribution in [2.45, 2.75) is 6.54 Å². The summed E-state index contributed by atoms with van der Waals surface area (Å²) in [5, 5.41) is 5.05. The smallest absolute Gasteiger partial charge is 0.169 e. The minimum absolute atomic E-state index is 0.657. The molecule has 1 aromatic carbocycles. The Labute approximate surface area is 180 Å². The summed E-state index contributed by atoms with van der Waals surface area (Å²) in [4.78, 5) is 17.4. The number of methoxy groups -OCH3 is 2. The van der Waals surface area contributed by atoms with E-state index in [0.29, 0.717) is 18.0 Å². The third kappa shape index (κ3) is 4.20. The molecule has 0 radical (unpaired) electrons. The van der Waals surface area contributed by atoms with Crippen LogP contribution in [-0.2, 0) is 6.54 Å². The van der Waals surface area contributed by atoms with Gasteiger partial charge in [-0.05, 0) is 36.0 Å². The molecule has 1 fully saturated rings. The largest absolute Gasteiger partial charge is 0.493 e. The number of ether oxygens (including phenoxy) is 2. The van der Waals surface area contributed by atoms with E-state index in [2.05, 4.69) is 30.1 Å². The van der Waals surface area contributed by atoms with Crippen molar-refractivity contribution in [2.24, 2.45) is 0 Å². The number of anilines is 1. The molecular weight excluding hydrogens is 400 g/mol. The number of fused-ring (bicyclic) bond motifs is 1. The first-order valence-corrected chi connectivity index (χ1v) is 10.1. The number of thiocarbonyl (C=S) groups is 1.